The van der Waals surface area contributed by atoms with Crippen molar-refractivity contribution in [3.8, 4) is 5.75 Å². The number of methoxy groups -OCH3 is 1. The topological polar surface area (TPSA) is 105 Å². The summed E-state index contributed by atoms with van der Waals surface area (Å²) in [6.45, 7) is 4.45. The van der Waals surface area contributed by atoms with Gasteiger partial charge in [-0.3, -0.25) is 9.59 Å². The van der Waals surface area contributed by atoms with Crippen LogP contribution in [0.15, 0.2) is 47.4 Å². The van der Waals surface area contributed by atoms with Gasteiger partial charge in [0, 0.05) is 24.8 Å². The zero-order chi connectivity index (χ0) is 24.0. The number of benzene rings is 2. The van der Waals surface area contributed by atoms with E-state index in [1.165, 1.54) is 11.4 Å². The Bertz CT molecular complexity index is 1100. The van der Waals surface area contributed by atoms with Crippen LogP contribution in [0.25, 0.3) is 0 Å². The number of sulfonamides is 1. The van der Waals surface area contributed by atoms with Gasteiger partial charge in [0.15, 0.2) is 0 Å². The number of rotatable bonds is 7. The lowest BCUT2D eigenvalue weighted by Gasteiger charge is -2.34. The third kappa shape index (κ3) is 6.11. The summed E-state index contributed by atoms with van der Waals surface area (Å²) in [5.74, 6) is -0.894. The molecule has 0 saturated carbocycles. The van der Waals surface area contributed by atoms with Gasteiger partial charge in [-0.2, -0.15) is 4.31 Å². The third-order valence-corrected chi connectivity index (χ3v) is 7.80. The summed E-state index contributed by atoms with van der Waals surface area (Å²) in [7, 11) is -2.14. The number of hydrogen-bond donors (Lipinski definition) is 2. The molecule has 1 unspecified atom stereocenters. The first-order chi connectivity index (χ1) is 15.7. The van der Waals surface area contributed by atoms with Crippen LogP contribution in [0, 0.1) is 13.8 Å². The van der Waals surface area contributed by atoms with Gasteiger partial charge in [0.05, 0.1) is 12.0 Å². The average Bonchev–Trinajstić information content (AvgIpc) is 2.81. The second kappa shape index (κ2) is 10.8. The van der Waals surface area contributed by atoms with Gasteiger partial charge in [0.1, 0.15) is 5.75 Å². The molecule has 0 radical (unpaired) electrons. The minimum absolute atomic E-state index is 0.207. The molecule has 2 aromatic carbocycles. The van der Waals surface area contributed by atoms with Crippen LogP contribution >= 0.6 is 0 Å². The van der Waals surface area contributed by atoms with Crippen LogP contribution in [0.3, 0.4) is 0 Å². The Hall–Kier alpha value is -2.91. The first kappa shape index (κ1) is 24.7. The molecule has 8 nitrogen and oxygen atoms in total. The molecule has 1 aliphatic rings. The molecule has 1 atom stereocenters. The van der Waals surface area contributed by atoms with Crippen molar-refractivity contribution in [3.63, 3.8) is 0 Å². The summed E-state index contributed by atoms with van der Waals surface area (Å²) in [6, 6.07) is 11.6. The Morgan fingerprint density at radius 3 is 2.45 bits per heavy atom. The van der Waals surface area contributed by atoms with E-state index in [0.29, 0.717) is 30.8 Å². The van der Waals surface area contributed by atoms with Gasteiger partial charge in [0.25, 0.3) is 0 Å². The molecule has 1 fully saturated rings. The number of hydrogen-bond acceptors (Lipinski definition) is 5. The number of carbonyl (C=O) groups is 2. The van der Waals surface area contributed by atoms with Crippen molar-refractivity contribution >= 4 is 27.5 Å². The SMILES string of the molecule is COc1ccc(S(=O)(=O)N2CCCCC2CCNC(=O)C(=O)Nc2ccc(C)cc2C)cc1. The maximum atomic E-state index is 13.2. The Labute approximate surface area is 195 Å². The smallest absolute Gasteiger partial charge is 0.313 e. The third-order valence-electron chi connectivity index (χ3n) is 5.84. The van der Waals surface area contributed by atoms with Gasteiger partial charge in [0.2, 0.25) is 10.0 Å². The molecule has 9 heteroatoms. The molecule has 2 amide bonds. The minimum atomic E-state index is -3.67. The molecular formula is C24H31N3O5S. The monoisotopic (exact) mass is 473 g/mol. The lowest BCUT2D eigenvalue weighted by atomic mass is 10.0. The lowest BCUT2D eigenvalue weighted by Crippen LogP contribution is -2.45. The van der Waals surface area contributed by atoms with Crippen molar-refractivity contribution in [1.29, 1.82) is 0 Å². The van der Waals surface area contributed by atoms with Crippen molar-refractivity contribution in [3.05, 3.63) is 53.6 Å². The quantitative estimate of drug-likeness (QED) is 0.602. The molecule has 33 heavy (non-hydrogen) atoms. The summed E-state index contributed by atoms with van der Waals surface area (Å²) in [5.41, 5.74) is 2.53. The number of piperidine rings is 1. The molecule has 2 aromatic rings. The molecule has 1 heterocycles. The number of carbonyl (C=O) groups excluding carboxylic acids is 2. The van der Waals surface area contributed by atoms with Crippen LogP contribution in [0.5, 0.6) is 5.75 Å². The normalized spacial score (nSPS) is 16.8. The fraction of sp³-hybridized carbons (Fsp3) is 0.417. The fourth-order valence-corrected chi connectivity index (χ4v) is 5.75. The standard InChI is InChI=1S/C24H31N3O5S/c1-17-7-12-22(18(2)16-17)26-24(29)23(28)25-14-13-19-6-4-5-15-27(19)33(30,31)21-10-8-20(32-3)9-11-21/h7-12,16,19H,4-6,13-15H2,1-3H3,(H,25,28)(H,26,29). The molecule has 178 valence electrons. The zero-order valence-corrected chi connectivity index (χ0v) is 20.1. The van der Waals surface area contributed by atoms with Gasteiger partial charge in [-0.15, -0.1) is 0 Å². The number of aryl methyl sites for hydroxylation is 2. The van der Waals surface area contributed by atoms with Crippen LogP contribution in [-0.2, 0) is 19.6 Å². The van der Waals surface area contributed by atoms with E-state index in [1.54, 1.807) is 30.3 Å². The van der Waals surface area contributed by atoms with Crippen LogP contribution in [0.2, 0.25) is 0 Å². The molecule has 1 saturated heterocycles. The van der Waals surface area contributed by atoms with Crippen molar-refractivity contribution < 1.29 is 22.7 Å². The summed E-state index contributed by atoms with van der Waals surface area (Å²) in [4.78, 5) is 24.7. The van der Waals surface area contributed by atoms with Crippen molar-refractivity contribution in [2.24, 2.45) is 0 Å². The van der Waals surface area contributed by atoms with Gasteiger partial charge in [-0.1, -0.05) is 24.1 Å². The van der Waals surface area contributed by atoms with Crippen molar-refractivity contribution in [2.75, 3.05) is 25.5 Å². The number of nitrogens with zero attached hydrogens (tertiary/aromatic N) is 1. The van der Waals surface area contributed by atoms with Gasteiger partial charge < -0.3 is 15.4 Å². The van der Waals surface area contributed by atoms with E-state index in [2.05, 4.69) is 10.6 Å². The van der Waals surface area contributed by atoms with Crippen LogP contribution in [-0.4, -0.2) is 50.8 Å². The van der Waals surface area contributed by atoms with Gasteiger partial charge in [-0.25, -0.2) is 8.42 Å². The number of ether oxygens (including phenoxy) is 1. The largest absolute Gasteiger partial charge is 0.497 e. The van der Waals surface area contributed by atoms with E-state index < -0.39 is 21.8 Å². The highest BCUT2D eigenvalue weighted by Gasteiger charge is 2.33. The molecule has 0 bridgehead atoms. The van der Waals surface area contributed by atoms with Crippen LogP contribution < -0.4 is 15.4 Å². The minimum Gasteiger partial charge on any atom is -0.497 e. The lowest BCUT2D eigenvalue weighted by molar-refractivity contribution is -0.136. The van der Waals surface area contributed by atoms with Crippen molar-refractivity contribution in [1.82, 2.24) is 9.62 Å². The van der Waals surface area contributed by atoms with Gasteiger partial charge >= 0.3 is 11.8 Å². The van der Waals surface area contributed by atoms with E-state index in [-0.39, 0.29) is 17.5 Å². The first-order valence-electron chi connectivity index (χ1n) is 11.0. The van der Waals surface area contributed by atoms with E-state index in [0.717, 1.165) is 24.0 Å². The van der Waals surface area contributed by atoms with Crippen LogP contribution in [0.4, 0.5) is 5.69 Å². The molecule has 0 spiro atoms. The molecule has 1 aliphatic heterocycles. The summed E-state index contributed by atoms with van der Waals surface area (Å²) >= 11 is 0. The summed E-state index contributed by atoms with van der Waals surface area (Å²) < 4.78 is 33.0. The molecule has 2 N–H and O–H groups in total. The highest BCUT2D eigenvalue weighted by molar-refractivity contribution is 7.89. The second-order valence-electron chi connectivity index (χ2n) is 8.26. The highest BCUT2D eigenvalue weighted by atomic mass is 32.2. The molecule has 0 aliphatic carbocycles. The highest BCUT2D eigenvalue weighted by Crippen LogP contribution is 2.28. The number of amides is 2. The van der Waals surface area contributed by atoms with E-state index in [4.69, 9.17) is 4.74 Å². The Balaban J connectivity index is 1.58. The van der Waals surface area contributed by atoms with Crippen molar-refractivity contribution in [2.45, 2.75) is 50.5 Å². The maximum absolute atomic E-state index is 13.2. The zero-order valence-electron chi connectivity index (χ0n) is 19.3. The van der Waals surface area contributed by atoms with E-state index >= 15 is 0 Å². The molecule has 0 aromatic heterocycles. The maximum Gasteiger partial charge on any atom is 0.313 e. The summed E-state index contributed by atoms with van der Waals surface area (Å²) in [5, 5.41) is 5.24. The second-order valence-corrected chi connectivity index (χ2v) is 10.1. The number of nitrogens with one attached hydrogen (secondary N) is 2. The predicted molar refractivity (Wildman–Crippen MR) is 127 cm³/mol. The molecular weight excluding hydrogens is 442 g/mol. The Morgan fingerprint density at radius 1 is 1.06 bits per heavy atom. The Morgan fingerprint density at radius 2 is 1.79 bits per heavy atom. The number of anilines is 1. The van der Waals surface area contributed by atoms with Crippen LogP contribution in [0.1, 0.15) is 36.8 Å². The Kier molecular flexibility index (Phi) is 8.10. The predicted octanol–water partition coefficient (Wildman–Crippen LogP) is 3.00. The van der Waals surface area contributed by atoms with Gasteiger partial charge in [-0.05, 0) is 69.0 Å². The van der Waals surface area contributed by atoms with E-state index in [1.807, 2.05) is 26.0 Å². The first-order valence-corrected chi connectivity index (χ1v) is 12.5. The fourth-order valence-electron chi connectivity index (χ4n) is 4.03. The summed E-state index contributed by atoms with van der Waals surface area (Å²) in [6.07, 6.45) is 2.84. The van der Waals surface area contributed by atoms with E-state index in [9.17, 15) is 18.0 Å². The molecule has 3 rings (SSSR count). The average molecular weight is 474 g/mol.